The second kappa shape index (κ2) is 4.13. The number of hydrogen-bond donors (Lipinski definition) is 2. The fourth-order valence-corrected chi connectivity index (χ4v) is 0.881. The molecular weight excluding hydrogens is 159 g/mol. The number of aliphatic hydroxyl groups is 1. The highest BCUT2D eigenvalue weighted by Crippen LogP contribution is 2.04. The van der Waals surface area contributed by atoms with Gasteiger partial charge in [-0.15, -0.1) is 0 Å². The minimum Gasteiger partial charge on any atom is -0.395 e. The molecular formula is C8H11FN2O. The van der Waals surface area contributed by atoms with Crippen LogP contribution in [0.4, 0.5) is 4.39 Å². The molecule has 3 N–H and O–H groups in total. The molecule has 0 aliphatic heterocycles. The van der Waals surface area contributed by atoms with Crippen molar-refractivity contribution >= 4 is 0 Å². The standard InChI is InChI=1S/C8H11FN2O/c9-7-2-1-3-11-8(7)4-6(10)5-12/h1-3,6,12H,4-5,10H2. The first-order chi connectivity index (χ1) is 5.74. The van der Waals surface area contributed by atoms with Gasteiger partial charge < -0.3 is 10.8 Å². The van der Waals surface area contributed by atoms with Crippen molar-refractivity contribution in [3.05, 3.63) is 29.8 Å². The molecule has 3 nitrogen and oxygen atoms in total. The highest BCUT2D eigenvalue weighted by molar-refractivity contribution is 5.08. The van der Waals surface area contributed by atoms with E-state index in [1.807, 2.05) is 0 Å². The van der Waals surface area contributed by atoms with Gasteiger partial charge in [-0.25, -0.2) is 4.39 Å². The average molecular weight is 170 g/mol. The zero-order valence-electron chi connectivity index (χ0n) is 6.57. The first-order valence-electron chi connectivity index (χ1n) is 3.70. The summed E-state index contributed by atoms with van der Waals surface area (Å²) in [5.41, 5.74) is 5.72. The lowest BCUT2D eigenvalue weighted by atomic mass is 10.1. The summed E-state index contributed by atoms with van der Waals surface area (Å²) in [5, 5.41) is 8.61. The fourth-order valence-electron chi connectivity index (χ4n) is 0.881. The zero-order chi connectivity index (χ0) is 8.97. The van der Waals surface area contributed by atoms with Crippen LogP contribution in [-0.4, -0.2) is 22.7 Å². The molecule has 0 saturated heterocycles. The molecule has 1 rings (SSSR count). The number of nitrogens with zero attached hydrogens (tertiary/aromatic N) is 1. The molecule has 1 atom stereocenters. The average Bonchev–Trinajstić information content (AvgIpc) is 2.09. The number of hydrogen-bond acceptors (Lipinski definition) is 3. The van der Waals surface area contributed by atoms with Gasteiger partial charge in [-0.1, -0.05) is 0 Å². The minimum atomic E-state index is -0.436. The van der Waals surface area contributed by atoms with E-state index in [0.29, 0.717) is 5.69 Å². The van der Waals surface area contributed by atoms with Gasteiger partial charge in [0.05, 0.1) is 12.3 Å². The Morgan fingerprint density at radius 3 is 3.00 bits per heavy atom. The van der Waals surface area contributed by atoms with Crippen LogP contribution in [0.5, 0.6) is 0 Å². The molecule has 1 aromatic rings. The van der Waals surface area contributed by atoms with E-state index in [2.05, 4.69) is 4.98 Å². The molecule has 1 heterocycles. The smallest absolute Gasteiger partial charge is 0.144 e. The van der Waals surface area contributed by atoms with E-state index in [1.165, 1.54) is 18.3 Å². The number of aromatic nitrogens is 1. The quantitative estimate of drug-likeness (QED) is 0.675. The van der Waals surface area contributed by atoms with Gasteiger partial charge in [0, 0.05) is 18.7 Å². The zero-order valence-corrected chi connectivity index (χ0v) is 6.57. The summed E-state index contributed by atoms with van der Waals surface area (Å²) in [6.45, 7) is -0.157. The third-order valence-corrected chi connectivity index (χ3v) is 1.52. The first kappa shape index (κ1) is 9.09. The monoisotopic (exact) mass is 170 g/mol. The van der Waals surface area contributed by atoms with Gasteiger partial charge in [0.15, 0.2) is 0 Å². The van der Waals surface area contributed by atoms with Crippen molar-refractivity contribution in [2.45, 2.75) is 12.5 Å². The van der Waals surface area contributed by atoms with Crippen LogP contribution in [-0.2, 0) is 6.42 Å². The van der Waals surface area contributed by atoms with E-state index in [1.54, 1.807) is 0 Å². The Hall–Kier alpha value is -1.00. The molecule has 1 aromatic heterocycles. The van der Waals surface area contributed by atoms with Crippen LogP contribution in [0, 0.1) is 5.82 Å². The van der Waals surface area contributed by atoms with Crippen LogP contribution in [0.2, 0.25) is 0 Å². The van der Waals surface area contributed by atoms with E-state index in [0.717, 1.165) is 0 Å². The highest BCUT2D eigenvalue weighted by atomic mass is 19.1. The summed E-state index contributed by atoms with van der Waals surface area (Å²) < 4.78 is 12.9. The molecule has 1 unspecified atom stereocenters. The van der Waals surface area contributed by atoms with Gasteiger partial charge >= 0.3 is 0 Å². The van der Waals surface area contributed by atoms with Crippen LogP contribution in [0.1, 0.15) is 5.69 Å². The Morgan fingerprint density at radius 1 is 1.67 bits per heavy atom. The Morgan fingerprint density at radius 2 is 2.42 bits per heavy atom. The van der Waals surface area contributed by atoms with Crippen molar-refractivity contribution in [3.63, 3.8) is 0 Å². The van der Waals surface area contributed by atoms with Crippen molar-refractivity contribution in [3.8, 4) is 0 Å². The summed E-state index contributed by atoms with van der Waals surface area (Å²) in [5.74, 6) is -0.374. The SMILES string of the molecule is NC(CO)Cc1ncccc1F. The normalized spacial score (nSPS) is 12.9. The Labute approximate surface area is 70.0 Å². The summed E-state index contributed by atoms with van der Waals surface area (Å²) >= 11 is 0. The van der Waals surface area contributed by atoms with E-state index in [9.17, 15) is 4.39 Å². The second-order valence-electron chi connectivity index (χ2n) is 2.58. The van der Waals surface area contributed by atoms with Gasteiger partial charge in [-0.2, -0.15) is 0 Å². The molecule has 0 saturated carbocycles. The van der Waals surface area contributed by atoms with Crippen molar-refractivity contribution in [2.75, 3.05) is 6.61 Å². The molecule has 0 radical (unpaired) electrons. The van der Waals surface area contributed by atoms with Gasteiger partial charge in [-0.3, -0.25) is 4.98 Å². The van der Waals surface area contributed by atoms with E-state index < -0.39 is 6.04 Å². The summed E-state index contributed by atoms with van der Waals surface area (Å²) in [6, 6.07) is 2.41. The molecule has 12 heavy (non-hydrogen) atoms. The Balaban J connectivity index is 2.69. The lowest BCUT2D eigenvalue weighted by Gasteiger charge is -2.06. The molecule has 0 aromatic carbocycles. The molecule has 66 valence electrons. The van der Waals surface area contributed by atoms with Crippen LogP contribution in [0.15, 0.2) is 18.3 Å². The predicted octanol–water partition coefficient (Wildman–Crippen LogP) is 0.0828. The molecule has 0 spiro atoms. The maximum Gasteiger partial charge on any atom is 0.144 e. The number of rotatable bonds is 3. The molecule has 0 bridgehead atoms. The summed E-state index contributed by atoms with van der Waals surface area (Å²) in [4.78, 5) is 3.80. The van der Waals surface area contributed by atoms with Crippen LogP contribution in [0.25, 0.3) is 0 Å². The topological polar surface area (TPSA) is 59.1 Å². The maximum atomic E-state index is 12.9. The lowest BCUT2D eigenvalue weighted by Crippen LogP contribution is -2.27. The minimum absolute atomic E-state index is 0.157. The lowest BCUT2D eigenvalue weighted by molar-refractivity contribution is 0.264. The molecule has 4 heteroatoms. The second-order valence-corrected chi connectivity index (χ2v) is 2.58. The maximum absolute atomic E-state index is 12.9. The summed E-state index contributed by atoms with van der Waals surface area (Å²) in [6.07, 6.45) is 1.77. The number of aliphatic hydroxyl groups excluding tert-OH is 1. The molecule has 0 aliphatic carbocycles. The molecule has 0 aliphatic rings. The number of nitrogens with two attached hydrogens (primary N) is 1. The predicted molar refractivity (Wildman–Crippen MR) is 43.0 cm³/mol. The Kier molecular flexibility index (Phi) is 3.13. The van der Waals surface area contributed by atoms with Gasteiger partial charge in [0.2, 0.25) is 0 Å². The van der Waals surface area contributed by atoms with Crippen LogP contribution in [0.3, 0.4) is 0 Å². The fraction of sp³-hybridized carbons (Fsp3) is 0.375. The van der Waals surface area contributed by atoms with Gasteiger partial charge in [0.1, 0.15) is 5.82 Å². The largest absolute Gasteiger partial charge is 0.395 e. The van der Waals surface area contributed by atoms with E-state index in [4.69, 9.17) is 10.8 Å². The van der Waals surface area contributed by atoms with Gasteiger partial charge in [0.25, 0.3) is 0 Å². The molecule has 0 amide bonds. The third kappa shape index (κ3) is 2.25. The van der Waals surface area contributed by atoms with Crippen molar-refractivity contribution in [1.82, 2.24) is 4.98 Å². The van der Waals surface area contributed by atoms with Crippen LogP contribution >= 0.6 is 0 Å². The van der Waals surface area contributed by atoms with Crippen molar-refractivity contribution in [1.29, 1.82) is 0 Å². The molecule has 0 fully saturated rings. The third-order valence-electron chi connectivity index (χ3n) is 1.52. The Bertz CT molecular complexity index is 255. The number of halogens is 1. The van der Waals surface area contributed by atoms with Gasteiger partial charge in [-0.05, 0) is 12.1 Å². The van der Waals surface area contributed by atoms with E-state index in [-0.39, 0.29) is 18.8 Å². The van der Waals surface area contributed by atoms with Crippen molar-refractivity contribution in [2.24, 2.45) is 5.73 Å². The highest BCUT2D eigenvalue weighted by Gasteiger charge is 2.07. The summed E-state index contributed by atoms with van der Waals surface area (Å²) in [7, 11) is 0. The number of pyridine rings is 1. The van der Waals surface area contributed by atoms with Crippen LogP contribution < -0.4 is 5.73 Å². The van der Waals surface area contributed by atoms with Crippen molar-refractivity contribution < 1.29 is 9.50 Å². The first-order valence-corrected chi connectivity index (χ1v) is 3.70. The van der Waals surface area contributed by atoms with E-state index >= 15 is 0 Å².